The lowest BCUT2D eigenvalue weighted by Gasteiger charge is -2.24. The molecule has 1 amide bonds. The van der Waals surface area contributed by atoms with E-state index < -0.39 is 11.6 Å². The zero-order valence-corrected chi connectivity index (χ0v) is 20.3. The van der Waals surface area contributed by atoms with Crippen molar-refractivity contribution < 1.29 is 9.90 Å². The molecule has 1 aliphatic heterocycles. The van der Waals surface area contributed by atoms with Crippen LogP contribution in [0.1, 0.15) is 59.5 Å². The molecule has 0 bridgehead atoms. The molecule has 0 aliphatic carbocycles. The van der Waals surface area contributed by atoms with Crippen molar-refractivity contribution in [3.05, 3.63) is 62.5 Å². The number of aromatic nitrogens is 3. The van der Waals surface area contributed by atoms with E-state index in [0.29, 0.717) is 10.8 Å². The maximum atomic E-state index is 12.9. The van der Waals surface area contributed by atoms with E-state index in [1.165, 1.54) is 4.88 Å². The summed E-state index contributed by atoms with van der Waals surface area (Å²) in [5, 5.41) is 22.8. The van der Waals surface area contributed by atoms with E-state index in [1.807, 2.05) is 35.8 Å². The highest BCUT2D eigenvalue weighted by atomic mass is 35.5. The Bertz CT molecular complexity index is 1210. The lowest BCUT2D eigenvalue weighted by Crippen LogP contribution is -2.46. The number of aliphatic hydroxyl groups is 1. The van der Waals surface area contributed by atoms with Gasteiger partial charge in [-0.2, -0.15) is 0 Å². The molecule has 9 heteroatoms. The number of aliphatic imine (C=N–C) groups is 1. The van der Waals surface area contributed by atoms with E-state index in [9.17, 15) is 9.90 Å². The molecular weight excluding hydrogens is 446 g/mol. The number of hydrogen-bond donors (Lipinski definition) is 2. The number of carbonyl (C=O) groups excluding carboxylic acids is 1. The molecule has 168 valence electrons. The molecule has 0 saturated heterocycles. The van der Waals surface area contributed by atoms with Crippen LogP contribution >= 0.6 is 22.9 Å². The van der Waals surface area contributed by atoms with Crippen LogP contribution in [0.15, 0.2) is 29.3 Å². The van der Waals surface area contributed by atoms with Crippen molar-refractivity contribution in [2.75, 3.05) is 6.61 Å². The minimum Gasteiger partial charge on any atom is -0.394 e. The highest BCUT2D eigenvalue weighted by molar-refractivity contribution is 7.15. The SMILES string of the molecule is Cc1sc2c(c1C)C(c1ccc(Cl)cc1)=NC(CC(=O)NC(C)(C)CO)c1nnc(C)n1-2. The number of thiophene rings is 1. The molecule has 7 nitrogen and oxygen atoms in total. The molecule has 0 fully saturated rings. The van der Waals surface area contributed by atoms with Gasteiger partial charge in [0, 0.05) is 21.0 Å². The molecule has 1 atom stereocenters. The number of aliphatic hydroxyl groups excluding tert-OH is 1. The average Bonchev–Trinajstić information content (AvgIpc) is 3.21. The zero-order valence-electron chi connectivity index (χ0n) is 18.7. The van der Waals surface area contributed by atoms with Crippen LogP contribution in [0.5, 0.6) is 0 Å². The van der Waals surface area contributed by atoms with Crippen LogP contribution in [-0.2, 0) is 4.79 Å². The number of halogens is 1. The van der Waals surface area contributed by atoms with Crippen molar-refractivity contribution in [2.24, 2.45) is 4.99 Å². The Morgan fingerprint density at radius 3 is 2.56 bits per heavy atom. The zero-order chi connectivity index (χ0) is 23.2. The predicted octanol–water partition coefficient (Wildman–Crippen LogP) is 4.08. The molecule has 1 aliphatic rings. The van der Waals surface area contributed by atoms with Crippen LogP contribution in [0, 0.1) is 20.8 Å². The number of amides is 1. The molecule has 2 N–H and O–H groups in total. The fourth-order valence-electron chi connectivity index (χ4n) is 3.78. The van der Waals surface area contributed by atoms with Gasteiger partial charge in [-0.15, -0.1) is 21.5 Å². The first-order valence-corrected chi connectivity index (χ1v) is 11.6. The van der Waals surface area contributed by atoms with Gasteiger partial charge in [0.15, 0.2) is 5.82 Å². The number of hydrogen-bond acceptors (Lipinski definition) is 6. The number of nitrogens with zero attached hydrogens (tertiary/aromatic N) is 4. The Labute approximate surface area is 196 Å². The fourth-order valence-corrected chi connectivity index (χ4v) is 5.12. The van der Waals surface area contributed by atoms with E-state index in [2.05, 4.69) is 29.4 Å². The second kappa shape index (κ2) is 8.42. The standard InChI is InChI=1S/C23H26ClN5O2S/c1-12-13(2)32-22-19(12)20(15-6-8-16(24)9-7-15)25-17(21-28-27-14(3)29(21)22)10-18(31)26-23(4,5)11-30/h6-9,17,30H,10-11H2,1-5H3,(H,26,31). The number of rotatable bonds is 5. The van der Waals surface area contributed by atoms with E-state index in [0.717, 1.165) is 33.2 Å². The van der Waals surface area contributed by atoms with Crippen molar-refractivity contribution in [3.63, 3.8) is 0 Å². The quantitative estimate of drug-likeness (QED) is 0.586. The number of aryl methyl sites for hydroxylation is 2. The summed E-state index contributed by atoms with van der Waals surface area (Å²) in [6, 6.07) is 7.05. The minimum absolute atomic E-state index is 0.0889. The second-order valence-corrected chi connectivity index (χ2v) is 10.3. The third-order valence-corrected chi connectivity index (χ3v) is 7.05. The van der Waals surface area contributed by atoms with Crippen molar-refractivity contribution in [1.29, 1.82) is 0 Å². The molecule has 2 aromatic heterocycles. The molecular formula is C23H26ClN5O2S. The van der Waals surface area contributed by atoms with E-state index in [-0.39, 0.29) is 18.9 Å². The summed E-state index contributed by atoms with van der Waals surface area (Å²) in [4.78, 5) is 19.1. The summed E-state index contributed by atoms with van der Waals surface area (Å²) in [7, 11) is 0. The first kappa shape index (κ1) is 22.6. The molecule has 0 radical (unpaired) electrons. The number of nitrogens with one attached hydrogen (secondary N) is 1. The lowest BCUT2D eigenvalue weighted by molar-refractivity contribution is -0.123. The summed E-state index contributed by atoms with van der Waals surface area (Å²) < 4.78 is 2.02. The molecule has 3 heterocycles. The van der Waals surface area contributed by atoms with Gasteiger partial charge in [-0.1, -0.05) is 23.7 Å². The van der Waals surface area contributed by atoms with Gasteiger partial charge in [-0.25, -0.2) is 0 Å². The molecule has 0 spiro atoms. The Balaban J connectivity index is 1.88. The third-order valence-electron chi connectivity index (χ3n) is 5.61. The summed E-state index contributed by atoms with van der Waals surface area (Å²) in [5.74, 6) is 1.17. The Morgan fingerprint density at radius 2 is 1.91 bits per heavy atom. The highest BCUT2D eigenvalue weighted by Gasteiger charge is 2.33. The maximum Gasteiger partial charge on any atom is 0.223 e. The van der Waals surface area contributed by atoms with Gasteiger partial charge in [-0.3, -0.25) is 14.4 Å². The van der Waals surface area contributed by atoms with Gasteiger partial charge in [0.1, 0.15) is 16.9 Å². The van der Waals surface area contributed by atoms with Gasteiger partial charge >= 0.3 is 0 Å². The maximum absolute atomic E-state index is 12.9. The fraction of sp³-hybridized carbons (Fsp3) is 0.391. The van der Waals surface area contributed by atoms with Crippen molar-refractivity contribution >= 4 is 34.6 Å². The predicted molar refractivity (Wildman–Crippen MR) is 127 cm³/mol. The van der Waals surface area contributed by atoms with Crippen LogP contribution in [-0.4, -0.2) is 43.6 Å². The lowest BCUT2D eigenvalue weighted by atomic mass is 9.99. The van der Waals surface area contributed by atoms with E-state index in [1.54, 1.807) is 25.2 Å². The Hall–Kier alpha value is -2.55. The number of benzene rings is 1. The average molecular weight is 472 g/mol. The summed E-state index contributed by atoms with van der Waals surface area (Å²) in [5.41, 5.74) is 3.18. The van der Waals surface area contributed by atoms with Crippen molar-refractivity contribution in [2.45, 2.75) is 52.6 Å². The minimum atomic E-state index is -0.722. The van der Waals surface area contributed by atoms with Gasteiger partial charge < -0.3 is 10.4 Å². The smallest absolute Gasteiger partial charge is 0.223 e. The number of carbonyl (C=O) groups is 1. The monoisotopic (exact) mass is 471 g/mol. The molecule has 0 saturated carbocycles. The van der Waals surface area contributed by atoms with Gasteiger partial charge in [-0.05, 0) is 52.3 Å². The van der Waals surface area contributed by atoms with Crippen LogP contribution in [0.2, 0.25) is 5.02 Å². The second-order valence-electron chi connectivity index (χ2n) is 8.70. The Morgan fingerprint density at radius 1 is 1.22 bits per heavy atom. The highest BCUT2D eigenvalue weighted by Crippen LogP contribution is 2.39. The topological polar surface area (TPSA) is 92.4 Å². The normalized spacial score (nSPS) is 15.6. The Kier molecular flexibility index (Phi) is 5.96. The summed E-state index contributed by atoms with van der Waals surface area (Å²) >= 11 is 7.80. The first-order valence-electron chi connectivity index (χ1n) is 10.4. The molecule has 4 rings (SSSR count). The van der Waals surface area contributed by atoms with Crippen molar-refractivity contribution in [1.82, 2.24) is 20.1 Å². The molecule has 1 aromatic carbocycles. The first-order chi connectivity index (χ1) is 15.1. The van der Waals surface area contributed by atoms with Crippen LogP contribution in [0.25, 0.3) is 5.00 Å². The molecule has 3 aromatic rings. The third kappa shape index (κ3) is 4.10. The van der Waals surface area contributed by atoms with Gasteiger partial charge in [0.2, 0.25) is 5.91 Å². The van der Waals surface area contributed by atoms with Crippen molar-refractivity contribution in [3.8, 4) is 5.00 Å². The summed E-state index contributed by atoms with van der Waals surface area (Å²) in [6.45, 7) is 9.48. The number of fused-ring (bicyclic) bond motifs is 3. The molecule has 1 unspecified atom stereocenters. The van der Waals surface area contributed by atoms with Gasteiger partial charge in [0.25, 0.3) is 0 Å². The van der Waals surface area contributed by atoms with Crippen LogP contribution in [0.4, 0.5) is 0 Å². The van der Waals surface area contributed by atoms with E-state index in [4.69, 9.17) is 16.6 Å². The summed E-state index contributed by atoms with van der Waals surface area (Å²) in [6.07, 6.45) is 0.0889. The van der Waals surface area contributed by atoms with Crippen LogP contribution in [0.3, 0.4) is 0 Å². The van der Waals surface area contributed by atoms with E-state index >= 15 is 0 Å². The van der Waals surface area contributed by atoms with Crippen LogP contribution < -0.4 is 5.32 Å². The van der Waals surface area contributed by atoms with Gasteiger partial charge in [0.05, 0.1) is 24.3 Å². The largest absolute Gasteiger partial charge is 0.394 e. The molecule has 32 heavy (non-hydrogen) atoms.